The third-order valence-electron chi connectivity index (χ3n) is 6.64. The highest BCUT2D eigenvalue weighted by Gasteiger charge is 2.56. The van der Waals surface area contributed by atoms with E-state index in [2.05, 4.69) is 13.8 Å². The van der Waals surface area contributed by atoms with Crippen molar-refractivity contribution in [1.29, 1.82) is 0 Å². The highest BCUT2D eigenvalue weighted by molar-refractivity contribution is 5.87. The van der Waals surface area contributed by atoms with Gasteiger partial charge in [-0.3, -0.25) is 0 Å². The van der Waals surface area contributed by atoms with E-state index in [-0.39, 0.29) is 30.5 Å². The molecule has 1 aromatic heterocycles. The van der Waals surface area contributed by atoms with Crippen molar-refractivity contribution in [3.05, 3.63) is 34.8 Å². The van der Waals surface area contributed by atoms with E-state index in [0.29, 0.717) is 23.3 Å². The van der Waals surface area contributed by atoms with Crippen LogP contribution >= 0.6 is 0 Å². The molecule has 0 aliphatic heterocycles. The van der Waals surface area contributed by atoms with E-state index in [1.807, 2.05) is 6.92 Å². The Kier molecular flexibility index (Phi) is 4.82. The molecule has 2 N–H and O–H groups in total. The van der Waals surface area contributed by atoms with E-state index >= 15 is 0 Å². The number of carbonyl (C=O) groups is 1. The number of aliphatic hydroxyl groups is 2. The standard InChI is InChI=1S/C20H28O5/c1-5-11(2)19(23)25-15-7-6-12(3)20(4)14(15)8-16-17(18(20)22)13(9-21)10-24-16/h5,10,12,14-15,18,21-22H,6-9H2,1-4H3/b11-5-/t12-,14-,15+,18+,20+/m0/s1. The molecule has 5 nitrogen and oxygen atoms in total. The Hall–Kier alpha value is -1.59. The number of furan rings is 1. The quantitative estimate of drug-likeness (QED) is 0.647. The van der Waals surface area contributed by atoms with Gasteiger partial charge in [0.15, 0.2) is 0 Å². The molecule has 1 saturated carbocycles. The molecule has 2 aliphatic carbocycles. The van der Waals surface area contributed by atoms with Crippen LogP contribution in [0.4, 0.5) is 0 Å². The predicted molar refractivity (Wildman–Crippen MR) is 92.6 cm³/mol. The lowest BCUT2D eigenvalue weighted by atomic mass is 9.53. The molecular formula is C20H28O5. The maximum Gasteiger partial charge on any atom is 0.333 e. The van der Waals surface area contributed by atoms with E-state index in [4.69, 9.17) is 9.15 Å². The Morgan fingerprint density at radius 3 is 2.84 bits per heavy atom. The fourth-order valence-corrected chi connectivity index (χ4v) is 4.57. The van der Waals surface area contributed by atoms with Gasteiger partial charge in [0, 0.05) is 34.5 Å². The molecule has 25 heavy (non-hydrogen) atoms. The van der Waals surface area contributed by atoms with Gasteiger partial charge in [0.1, 0.15) is 11.9 Å². The molecule has 1 aromatic rings. The van der Waals surface area contributed by atoms with Crippen LogP contribution in [0.5, 0.6) is 0 Å². The Morgan fingerprint density at radius 2 is 2.20 bits per heavy atom. The van der Waals surface area contributed by atoms with Crippen LogP contribution in [0.2, 0.25) is 0 Å². The Morgan fingerprint density at radius 1 is 1.48 bits per heavy atom. The maximum atomic E-state index is 12.3. The number of fused-ring (bicyclic) bond motifs is 2. The minimum atomic E-state index is -0.735. The van der Waals surface area contributed by atoms with Crippen LogP contribution in [0.15, 0.2) is 22.3 Å². The van der Waals surface area contributed by atoms with Crippen LogP contribution in [-0.4, -0.2) is 22.3 Å². The summed E-state index contributed by atoms with van der Waals surface area (Å²) < 4.78 is 11.4. The number of rotatable bonds is 3. The van der Waals surface area contributed by atoms with Crippen LogP contribution in [0.25, 0.3) is 0 Å². The summed E-state index contributed by atoms with van der Waals surface area (Å²) in [7, 11) is 0. The summed E-state index contributed by atoms with van der Waals surface area (Å²) in [6.45, 7) is 7.64. The van der Waals surface area contributed by atoms with Crippen molar-refractivity contribution in [3.8, 4) is 0 Å². The summed E-state index contributed by atoms with van der Waals surface area (Å²) in [4.78, 5) is 12.3. The Bertz CT molecular complexity index is 688. The van der Waals surface area contributed by atoms with Crippen LogP contribution in [0.3, 0.4) is 0 Å². The van der Waals surface area contributed by atoms with Gasteiger partial charge in [0.25, 0.3) is 0 Å². The molecule has 0 saturated heterocycles. The first kappa shape index (κ1) is 18.2. The molecule has 2 aliphatic rings. The number of hydrogen-bond donors (Lipinski definition) is 2. The van der Waals surface area contributed by atoms with Gasteiger partial charge in [0.2, 0.25) is 0 Å². The zero-order valence-electron chi connectivity index (χ0n) is 15.4. The number of ether oxygens (including phenoxy) is 1. The van der Waals surface area contributed by atoms with Gasteiger partial charge in [-0.05, 0) is 32.6 Å². The van der Waals surface area contributed by atoms with Gasteiger partial charge >= 0.3 is 5.97 Å². The van der Waals surface area contributed by atoms with Gasteiger partial charge in [-0.2, -0.15) is 0 Å². The SMILES string of the molecule is C/C=C(/C)C(=O)O[C@@H]1CC[C@H](C)[C@@]2(C)[C@H](O)c3c(CO)coc3C[C@@H]12. The summed E-state index contributed by atoms with van der Waals surface area (Å²) in [6.07, 6.45) is 4.60. The van der Waals surface area contributed by atoms with Crippen molar-refractivity contribution in [2.45, 2.75) is 65.8 Å². The predicted octanol–water partition coefficient (Wildman–Crippen LogP) is 3.29. The third-order valence-corrected chi connectivity index (χ3v) is 6.64. The molecule has 0 radical (unpaired) electrons. The Balaban J connectivity index is 1.97. The van der Waals surface area contributed by atoms with Crippen LogP contribution in [-0.2, 0) is 22.6 Å². The van der Waals surface area contributed by atoms with Crippen LogP contribution in [0.1, 0.15) is 63.5 Å². The normalized spacial score (nSPS) is 35.0. The minimum absolute atomic E-state index is 0.00921. The van der Waals surface area contributed by atoms with Crippen molar-refractivity contribution >= 4 is 5.97 Å². The molecule has 5 atom stereocenters. The summed E-state index contributed by atoms with van der Waals surface area (Å²) in [6, 6.07) is 0. The molecule has 0 aromatic carbocycles. The number of hydrogen-bond acceptors (Lipinski definition) is 5. The number of aliphatic hydroxyl groups excluding tert-OH is 2. The first-order valence-corrected chi connectivity index (χ1v) is 9.06. The topological polar surface area (TPSA) is 79.9 Å². The summed E-state index contributed by atoms with van der Waals surface area (Å²) in [5.41, 5.74) is 1.55. The lowest BCUT2D eigenvalue weighted by Crippen LogP contribution is -2.53. The van der Waals surface area contributed by atoms with E-state index in [9.17, 15) is 15.0 Å². The molecule has 0 bridgehead atoms. The average Bonchev–Trinajstić information content (AvgIpc) is 3.02. The fraction of sp³-hybridized carbons (Fsp3) is 0.650. The lowest BCUT2D eigenvalue weighted by Gasteiger charge is -2.54. The monoisotopic (exact) mass is 348 g/mol. The van der Waals surface area contributed by atoms with E-state index in [1.54, 1.807) is 13.0 Å². The summed E-state index contributed by atoms with van der Waals surface area (Å²) in [5.74, 6) is 0.682. The molecule has 0 spiro atoms. The highest BCUT2D eigenvalue weighted by Crippen LogP contribution is 2.58. The van der Waals surface area contributed by atoms with Crippen molar-refractivity contribution < 1.29 is 24.2 Å². The maximum absolute atomic E-state index is 12.3. The molecule has 0 unspecified atom stereocenters. The van der Waals surface area contributed by atoms with Crippen molar-refractivity contribution in [2.24, 2.45) is 17.3 Å². The number of carbonyl (C=O) groups excluding carboxylic acids is 1. The average molecular weight is 348 g/mol. The fourth-order valence-electron chi connectivity index (χ4n) is 4.57. The smallest absolute Gasteiger partial charge is 0.333 e. The largest absolute Gasteiger partial charge is 0.469 e. The van der Waals surface area contributed by atoms with Crippen molar-refractivity contribution in [1.82, 2.24) is 0 Å². The molecular weight excluding hydrogens is 320 g/mol. The van der Waals surface area contributed by atoms with Gasteiger partial charge in [-0.1, -0.05) is 19.9 Å². The number of allylic oxidation sites excluding steroid dienone is 1. The second-order valence-electron chi connectivity index (χ2n) is 7.73. The summed E-state index contributed by atoms with van der Waals surface area (Å²) >= 11 is 0. The molecule has 1 fully saturated rings. The highest BCUT2D eigenvalue weighted by atomic mass is 16.5. The van der Waals surface area contributed by atoms with E-state index in [1.165, 1.54) is 6.26 Å². The van der Waals surface area contributed by atoms with Gasteiger partial charge in [0.05, 0.1) is 19.0 Å². The summed E-state index contributed by atoms with van der Waals surface area (Å²) in [5, 5.41) is 20.7. The zero-order chi connectivity index (χ0) is 18.4. The van der Waals surface area contributed by atoms with Gasteiger partial charge < -0.3 is 19.4 Å². The molecule has 0 amide bonds. The molecule has 3 rings (SSSR count). The second kappa shape index (κ2) is 6.61. The minimum Gasteiger partial charge on any atom is -0.469 e. The lowest BCUT2D eigenvalue weighted by molar-refractivity contribution is -0.170. The first-order valence-electron chi connectivity index (χ1n) is 9.06. The third kappa shape index (κ3) is 2.74. The second-order valence-corrected chi connectivity index (χ2v) is 7.73. The molecule has 1 heterocycles. The zero-order valence-corrected chi connectivity index (χ0v) is 15.4. The molecule has 5 heteroatoms. The Labute approximate surface area is 148 Å². The first-order chi connectivity index (χ1) is 11.8. The van der Waals surface area contributed by atoms with E-state index < -0.39 is 11.5 Å². The van der Waals surface area contributed by atoms with Crippen molar-refractivity contribution in [3.63, 3.8) is 0 Å². The van der Waals surface area contributed by atoms with Crippen molar-refractivity contribution in [2.75, 3.05) is 0 Å². The van der Waals surface area contributed by atoms with Gasteiger partial charge in [-0.15, -0.1) is 0 Å². The van der Waals surface area contributed by atoms with E-state index in [0.717, 1.165) is 18.4 Å². The molecule has 138 valence electrons. The van der Waals surface area contributed by atoms with Crippen LogP contribution in [0, 0.1) is 17.3 Å². The van der Waals surface area contributed by atoms with Crippen LogP contribution < -0.4 is 0 Å². The van der Waals surface area contributed by atoms with Gasteiger partial charge in [-0.25, -0.2) is 4.79 Å². The number of esters is 1.